The minimum Gasteiger partial charge on any atom is -0.493 e. The van der Waals surface area contributed by atoms with Crippen LogP contribution in [0.15, 0.2) is 30.3 Å². The zero-order valence-electron chi connectivity index (χ0n) is 18.1. The molecule has 1 aromatic heterocycles. The number of aryl methyl sites for hydroxylation is 1. The van der Waals surface area contributed by atoms with Crippen molar-refractivity contribution in [1.82, 2.24) is 9.88 Å². The summed E-state index contributed by atoms with van der Waals surface area (Å²) in [6, 6.07) is 8.66. The Balaban J connectivity index is 1.74. The number of benzene rings is 1. The second-order valence-electron chi connectivity index (χ2n) is 7.89. The van der Waals surface area contributed by atoms with Gasteiger partial charge in [0.15, 0.2) is 0 Å². The molecular weight excluding hydrogens is 416 g/mol. The zero-order valence-corrected chi connectivity index (χ0v) is 18.8. The van der Waals surface area contributed by atoms with Crippen molar-refractivity contribution in [1.29, 1.82) is 0 Å². The highest BCUT2D eigenvalue weighted by atomic mass is 35.5. The Labute approximate surface area is 188 Å². The van der Waals surface area contributed by atoms with Gasteiger partial charge in [-0.25, -0.2) is 4.79 Å². The average Bonchev–Trinajstić information content (AvgIpc) is 3.24. The number of halogens is 1. The van der Waals surface area contributed by atoms with E-state index in [1.54, 1.807) is 24.3 Å². The van der Waals surface area contributed by atoms with Gasteiger partial charge in [0.1, 0.15) is 5.75 Å². The molecule has 7 heteroatoms. The van der Waals surface area contributed by atoms with Crippen LogP contribution in [-0.2, 0) is 11.2 Å². The Morgan fingerprint density at radius 1 is 1.29 bits per heavy atom. The molecular formula is C24H29ClN2O4. The summed E-state index contributed by atoms with van der Waals surface area (Å²) in [4.78, 5) is 30.9. The lowest BCUT2D eigenvalue weighted by Gasteiger charge is -2.25. The summed E-state index contributed by atoms with van der Waals surface area (Å²) >= 11 is 6.05. The summed E-state index contributed by atoms with van der Waals surface area (Å²) in [6.45, 7) is 4.99. The molecule has 1 fully saturated rings. The molecule has 1 aromatic carbocycles. The lowest BCUT2D eigenvalue weighted by Crippen LogP contribution is -2.31. The van der Waals surface area contributed by atoms with Crippen LogP contribution in [0.1, 0.15) is 72.4 Å². The molecule has 1 amide bonds. The van der Waals surface area contributed by atoms with Crippen molar-refractivity contribution in [3.8, 4) is 5.75 Å². The molecule has 31 heavy (non-hydrogen) atoms. The van der Waals surface area contributed by atoms with Crippen LogP contribution < -0.4 is 4.74 Å². The van der Waals surface area contributed by atoms with E-state index in [0.29, 0.717) is 35.9 Å². The zero-order chi connectivity index (χ0) is 22.4. The molecule has 2 heterocycles. The van der Waals surface area contributed by atoms with Crippen molar-refractivity contribution in [2.24, 2.45) is 0 Å². The fraction of sp³-hybridized carbons (Fsp3) is 0.458. The number of aromatic nitrogens is 1. The number of likely N-dealkylation sites (tertiary alicyclic amines) is 1. The van der Waals surface area contributed by atoms with Crippen molar-refractivity contribution in [2.75, 3.05) is 13.2 Å². The fourth-order valence-corrected chi connectivity index (χ4v) is 4.02. The first-order valence-corrected chi connectivity index (χ1v) is 11.2. The number of amides is 1. The highest BCUT2D eigenvalue weighted by molar-refractivity contribution is 6.31. The Hall–Kier alpha value is -2.60. The predicted molar refractivity (Wildman–Crippen MR) is 120 cm³/mol. The summed E-state index contributed by atoms with van der Waals surface area (Å²) in [5, 5.41) is 10.3. The van der Waals surface area contributed by atoms with E-state index in [2.05, 4.69) is 11.9 Å². The fourth-order valence-electron chi connectivity index (χ4n) is 3.91. The SMILES string of the molecule is CCCCC(=O)N1CCC[C@H]1c1ccc(C(=O)O)c(CCOc2ccc(Cl)c(C)c2)n1. The summed E-state index contributed by atoms with van der Waals surface area (Å²) < 4.78 is 5.79. The van der Waals surface area contributed by atoms with E-state index in [9.17, 15) is 14.7 Å². The van der Waals surface area contributed by atoms with E-state index < -0.39 is 5.97 Å². The monoisotopic (exact) mass is 444 g/mol. The third kappa shape index (κ3) is 5.76. The number of aromatic carboxylic acids is 1. The maximum atomic E-state index is 12.6. The van der Waals surface area contributed by atoms with Crippen molar-refractivity contribution in [2.45, 2.75) is 58.4 Å². The number of hydrogen-bond donors (Lipinski definition) is 1. The molecule has 1 aliphatic heterocycles. The number of carbonyl (C=O) groups is 2. The number of carboxylic acids is 1. The maximum absolute atomic E-state index is 12.6. The molecule has 166 valence electrons. The van der Waals surface area contributed by atoms with Crippen molar-refractivity contribution in [3.63, 3.8) is 0 Å². The van der Waals surface area contributed by atoms with Crippen molar-refractivity contribution < 1.29 is 19.4 Å². The van der Waals surface area contributed by atoms with Gasteiger partial charge in [-0.15, -0.1) is 0 Å². The van der Waals surface area contributed by atoms with Gasteiger partial charge in [-0.1, -0.05) is 24.9 Å². The van der Waals surface area contributed by atoms with E-state index in [4.69, 9.17) is 16.3 Å². The highest BCUT2D eigenvalue weighted by Gasteiger charge is 2.31. The van der Waals surface area contributed by atoms with Crippen LogP contribution in [0.5, 0.6) is 5.75 Å². The third-order valence-electron chi connectivity index (χ3n) is 5.62. The number of ether oxygens (including phenoxy) is 1. The van der Waals surface area contributed by atoms with E-state index >= 15 is 0 Å². The van der Waals surface area contributed by atoms with Gasteiger partial charge < -0.3 is 14.7 Å². The number of pyridine rings is 1. The lowest BCUT2D eigenvalue weighted by atomic mass is 10.1. The number of hydrogen-bond acceptors (Lipinski definition) is 4. The van der Waals surface area contributed by atoms with Crippen LogP contribution in [0.25, 0.3) is 0 Å². The quantitative estimate of drug-likeness (QED) is 0.573. The van der Waals surface area contributed by atoms with Gasteiger partial charge in [0.25, 0.3) is 0 Å². The average molecular weight is 445 g/mol. The van der Waals surface area contributed by atoms with Crippen LogP contribution in [0.4, 0.5) is 0 Å². The molecule has 6 nitrogen and oxygen atoms in total. The van der Waals surface area contributed by atoms with Crippen molar-refractivity contribution in [3.05, 3.63) is 57.9 Å². The van der Waals surface area contributed by atoms with Gasteiger partial charge >= 0.3 is 5.97 Å². The molecule has 2 aromatic rings. The molecule has 1 atom stereocenters. The van der Waals surface area contributed by atoms with Crippen molar-refractivity contribution >= 4 is 23.5 Å². The lowest BCUT2D eigenvalue weighted by molar-refractivity contribution is -0.132. The Bertz CT molecular complexity index is 947. The Kier molecular flexibility index (Phi) is 7.91. The number of nitrogens with zero attached hydrogens (tertiary/aromatic N) is 2. The Morgan fingerprint density at radius 3 is 2.81 bits per heavy atom. The van der Waals surface area contributed by atoms with Crippen LogP contribution in [0.2, 0.25) is 5.02 Å². The first-order valence-electron chi connectivity index (χ1n) is 10.8. The minimum atomic E-state index is -1.02. The molecule has 1 N–H and O–H groups in total. The summed E-state index contributed by atoms with van der Waals surface area (Å²) in [6.07, 6.45) is 4.53. The summed E-state index contributed by atoms with van der Waals surface area (Å²) in [5.41, 5.74) is 2.31. The first kappa shape index (κ1) is 23.1. The first-order chi connectivity index (χ1) is 14.9. The van der Waals surface area contributed by atoms with Gasteiger partial charge in [-0.05, 0) is 62.1 Å². The van der Waals surface area contributed by atoms with E-state index in [-0.39, 0.29) is 17.5 Å². The van der Waals surface area contributed by atoms with Crippen LogP contribution in [-0.4, -0.2) is 40.0 Å². The van der Waals surface area contributed by atoms with Gasteiger partial charge in [-0.2, -0.15) is 0 Å². The largest absolute Gasteiger partial charge is 0.493 e. The molecule has 1 aliphatic rings. The minimum absolute atomic E-state index is 0.0919. The summed E-state index contributed by atoms with van der Waals surface area (Å²) in [7, 11) is 0. The number of carbonyl (C=O) groups excluding carboxylic acids is 1. The molecule has 0 aliphatic carbocycles. The maximum Gasteiger partial charge on any atom is 0.337 e. The van der Waals surface area contributed by atoms with Gasteiger partial charge in [0.05, 0.1) is 29.6 Å². The second kappa shape index (κ2) is 10.6. The van der Waals surface area contributed by atoms with Crippen LogP contribution in [0.3, 0.4) is 0 Å². The normalized spacial score (nSPS) is 15.8. The van der Waals surface area contributed by atoms with E-state index in [0.717, 1.165) is 43.5 Å². The third-order valence-corrected chi connectivity index (χ3v) is 6.05. The van der Waals surface area contributed by atoms with Crippen LogP contribution >= 0.6 is 11.6 Å². The van der Waals surface area contributed by atoms with Crippen LogP contribution in [0, 0.1) is 6.92 Å². The van der Waals surface area contributed by atoms with Gasteiger partial charge in [0.2, 0.25) is 5.91 Å². The molecule has 3 rings (SSSR count). The molecule has 0 radical (unpaired) electrons. The van der Waals surface area contributed by atoms with Gasteiger partial charge in [-0.3, -0.25) is 9.78 Å². The highest BCUT2D eigenvalue weighted by Crippen LogP contribution is 2.32. The smallest absolute Gasteiger partial charge is 0.337 e. The molecule has 0 spiro atoms. The van der Waals surface area contributed by atoms with E-state index in [1.165, 1.54) is 0 Å². The molecule has 0 saturated carbocycles. The predicted octanol–water partition coefficient (Wildman–Crippen LogP) is 5.22. The number of rotatable bonds is 9. The summed E-state index contributed by atoms with van der Waals surface area (Å²) in [5.74, 6) is -0.187. The van der Waals surface area contributed by atoms with E-state index in [1.807, 2.05) is 17.9 Å². The standard InChI is InChI=1S/C24H29ClN2O4/c1-3-4-7-23(28)27-13-5-6-22(27)21-11-9-18(24(29)30)20(26-21)12-14-31-17-8-10-19(25)16(2)15-17/h8-11,15,22H,3-7,12-14H2,1-2H3,(H,29,30)/t22-/m0/s1. The Morgan fingerprint density at radius 2 is 2.10 bits per heavy atom. The second-order valence-corrected chi connectivity index (χ2v) is 8.30. The topological polar surface area (TPSA) is 79.7 Å². The number of unbranched alkanes of at least 4 members (excludes halogenated alkanes) is 1. The molecule has 0 bridgehead atoms. The molecule has 0 unspecified atom stereocenters. The van der Waals surface area contributed by atoms with Gasteiger partial charge in [0, 0.05) is 24.4 Å². The molecule has 1 saturated heterocycles. The number of carboxylic acid groups (broad SMARTS) is 1.